The van der Waals surface area contributed by atoms with Crippen LogP contribution in [0.5, 0.6) is 0 Å². The van der Waals surface area contributed by atoms with Crippen LogP contribution in [0.15, 0.2) is 27.6 Å². The molecular weight excluding hydrogens is 380 g/mol. The summed E-state index contributed by atoms with van der Waals surface area (Å²) < 4.78 is 28.4. The van der Waals surface area contributed by atoms with Crippen LogP contribution < -0.4 is 0 Å². The molecule has 0 amide bonds. The molecule has 1 fully saturated rings. The lowest BCUT2D eigenvalue weighted by atomic mass is 9.90. The van der Waals surface area contributed by atoms with Crippen molar-refractivity contribution in [1.82, 2.24) is 0 Å². The number of halogens is 2. The molecule has 7 heteroatoms. The van der Waals surface area contributed by atoms with Crippen molar-refractivity contribution < 1.29 is 17.9 Å². The summed E-state index contributed by atoms with van der Waals surface area (Å²) in [6.07, 6.45) is 5.73. The Kier molecular flexibility index (Phi) is 5.68. The predicted molar refractivity (Wildman–Crippen MR) is 84.0 cm³/mol. The fraction of sp³-hybridized carbons (Fsp3) is 0.500. The van der Waals surface area contributed by atoms with Gasteiger partial charge in [0, 0.05) is 15.2 Å². The van der Waals surface area contributed by atoms with Crippen LogP contribution in [0.3, 0.4) is 0 Å². The average Bonchev–Trinajstić information content (AvgIpc) is 2.45. The molecule has 1 aromatic rings. The lowest BCUT2D eigenvalue weighted by molar-refractivity contribution is 0.0409. The molecule has 1 aliphatic carbocycles. The second-order valence-corrected chi connectivity index (χ2v) is 8.60. The quantitative estimate of drug-likeness (QED) is 0.568. The van der Waals surface area contributed by atoms with Crippen LogP contribution >= 0.6 is 26.6 Å². The lowest BCUT2D eigenvalue weighted by Crippen LogP contribution is -2.17. The van der Waals surface area contributed by atoms with Crippen molar-refractivity contribution >= 4 is 41.6 Å². The van der Waals surface area contributed by atoms with E-state index >= 15 is 0 Å². The molecule has 0 saturated heterocycles. The molecule has 0 spiro atoms. The van der Waals surface area contributed by atoms with Crippen LogP contribution in [0.2, 0.25) is 0 Å². The molecule has 0 unspecified atom stereocenters. The zero-order valence-electron chi connectivity index (χ0n) is 11.3. The molecular formula is C14H16BrClO4S. The highest BCUT2D eigenvalue weighted by Crippen LogP contribution is 2.26. The number of rotatable bonds is 4. The van der Waals surface area contributed by atoms with Crippen molar-refractivity contribution in [3.63, 3.8) is 0 Å². The van der Waals surface area contributed by atoms with Crippen LogP contribution in [-0.2, 0) is 13.8 Å². The first-order valence-electron chi connectivity index (χ1n) is 6.79. The number of carbonyl (C=O) groups is 1. The molecule has 0 N–H and O–H groups in total. The highest BCUT2D eigenvalue weighted by atomic mass is 79.9. The van der Waals surface area contributed by atoms with Gasteiger partial charge in [0.1, 0.15) is 0 Å². The standard InChI is InChI=1S/C14H16BrClO4S/c15-13-7-6-11(21(16,18)19)8-12(13)14(17)20-9-10-4-2-1-3-5-10/h6-8,10H,1-5,9H2. The molecule has 0 heterocycles. The fourth-order valence-electron chi connectivity index (χ4n) is 2.44. The van der Waals surface area contributed by atoms with Crippen LogP contribution in [0, 0.1) is 5.92 Å². The van der Waals surface area contributed by atoms with E-state index in [0.717, 1.165) is 12.8 Å². The van der Waals surface area contributed by atoms with Crippen molar-refractivity contribution in [3.05, 3.63) is 28.2 Å². The molecule has 0 atom stereocenters. The Bertz CT molecular complexity index is 624. The third-order valence-electron chi connectivity index (χ3n) is 3.61. The Labute approximate surface area is 137 Å². The fourth-order valence-corrected chi connectivity index (χ4v) is 3.62. The van der Waals surface area contributed by atoms with E-state index in [1.807, 2.05) is 0 Å². The van der Waals surface area contributed by atoms with Gasteiger partial charge in [-0.15, -0.1) is 0 Å². The monoisotopic (exact) mass is 394 g/mol. The number of ether oxygens (including phenoxy) is 1. The summed E-state index contributed by atoms with van der Waals surface area (Å²) >= 11 is 3.23. The number of hydrogen-bond acceptors (Lipinski definition) is 4. The lowest BCUT2D eigenvalue weighted by Gasteiger charge is -2.21. The first-order chi connectivity index (χ1) is 9.88. The number of esters is 1. The molecule has 0 aliphatic heterocycles. The molecule has 21 heavy (non-hydrogen) atoms. The van der Waals surface area contributed by atoms with Crippen molar-refractivity contribution in [2.75, 3.05) is 6.61 Å². The van der Waals surface area contributed by atoms with E-state index in [-0.39, 0.29) is 10.5 Å². The largest absolute Gasteiger partial charge is 0.462 e. The second kappa shape index (κ2) is 7.11. The van der Waals surface area contributed by atoms with Gasteiger partial charge in [-0.1, -0.05) is 19.3 Å². The number of hydrogen-bond donors (Lipinski definition) is 0. The highest BCUT2D eigenvalue weighted by Gasteiger charge is 2.20. The van der Waals surface area contributed by atoms with Gasteiger partial charge in [0.2, 0.25) is 0 Å². The van der Waals surface area contributed by atoms with Crippen LogP contribution in [0.4, 0.5) is 0 Å². The van der Waals surface area contributed by atoms with Crippen LogP contribution in [0.1, 0.15) is 42.5 Å². The second-order valence-electron chi connectivity index (χ2n) is 5.18. The molecule has 2 rings (SSSR count). The van der Waals surface area contributed by atoms with Gasteiger partial charge in [0.25, 0.3) is 9.05 Å². The van der Waals surface area contributed by atoms with Gasteiger partial charge in [0.05, 0.1) is 17.1 Å². The molecule has 4 nitrogen and oxygen atoms in total. The van der Waals surface area contributed by atoms with Crippen molar-refractivity contribution in [2.45, 2.75) is 37.0 Å². The van der Waals surface area contributed by atoms with Gasteiger partial charge in [-0.25, -0.2) is 13.2 Å². The summed E-state index contributed by atoms with van der Waals surface area (Å²) in [5.41, 5.74) is 0.174. The normalized spacial score (nSPS) is 16.7. The van der Waals surface area contributed by atoms with Gasteiger partial charge < -0.3 is 4.74 Å². The Morgan fingerprint density at radius 2 is 1.95 bits per heavy atom. The zero-order valence-corrected chi connectivity index (χ0v) is 14.5. The highest BCUT2D eigenvalue weighted by molar-refractivity contribution is 9.10. The average molecular weight is 396 g/mol. The van der Waals surface area contributed by atoms with Gasteiger partial charge in [-0.05, 0) is 52.9 Å². The first-order valence-corrected chi connectivity index (χ1v) is 9.89. The van der Waals surface area contributed by atoms with E-state index in [1.54, 1.807) is 0 Å². The molecule has 116 valence electrons. The Hall–Kier alpha value is -0.590. The SMILES string of the molecule is O=C(OCC1CCCCC1)c1cc(S(=O)(=O)Cl)ccc1Br. The van der Waals surface area contributed by atoms with Gasteiger partial charge >= 0.3 is 5.97 Å². The molecule has 0 aromatic heterocycles. The van der Waals surface area contributed by atoms with E-state index in [4.69, 9.17) is 15.4 Å². The smallest absolute Gasteiger partial charge is 0.339 e. The van der Waals surface area contributed by atoms with E-state index < -0.39 is 15.0 Å². The Balaban J connectivity index is 2.07. The van der Waals surface area contributed by atoms with Gasteiger partial charge in [-0.3, -0.25) is 0 Å². The van der Waals surface area contributed by atoms with E-state index in [2.05, 4.69) is 15.9 Å². The van der Waals surface area contributed by atoms with Crippen molar-refractivity contribution in [3.8, 4) is 0 Å². The summed E-state index contributed by atoms with van der Waals surface area (Å²) in [5, 5.41) is 0. The molecule has 1 aliphatic rings. The minimum absolute atomic E-state index is 0.114. The maximum Gasteiger partial charge on any atom is 0.339 e. The van der Waals surface area contributed by atoms with E-state index in [1.165, 1.54) is 37.5 Å². The minimum Gasteiger partial charge on any atom is -0.462 e. The van der Waals surface area contributed by atoms with Gasteiger partial charge in [-0.2, -0.15) is 0 Å². The van der Waals surface area contributed by atoms with E-state index in [9.17, 15) is 13.2 Å². The summed E-state index contributed by atoms with van der Waals surface area (Å²) in [5.74, 6) is -0.129. The summed E-state index contributed by atoms with van der Waals surface area (Å²) in [4.78, 5) is 12.0. The summed E-state index contributed by atoms with van der Waals surface area (Å²) in [7, 11) is 1.42. The summed E-state index contributed by atoms with van der Waals surface area (Å²) in [6, 6.07) is 4.05. The third kappa shape index (κ3) is 4.69. The summed E-state index contributed by atoms with van der Waals surface area (Å²) in [6.45, 7) is 0.378. The minimum atomic E-state index is -3.87. The molecule has 0 bridgehead atoms. The molecule has 1 saturated carbocycles. The first kappa shape index (κ1) is 16.8. The third-order valence-corrected chi connectivity index (χ3v) is 5.66. The van der Waals surface area contributed by atoms with E-state index in [0.29, 0.717) is 17.0 Å². The van der Waals surface area contributed by atoms with Crippen LogP contribution in [-0.4, -0.2) is 21.0 Å². The maximum atomic E-state index is 12.1. The Morgan fingerprint density at radius 1 is 1.29 bits per heavy atom. The molecule has 0 radical (unpaired) electrons. The topological polar surface area (TPSA) is 60.4 Å². The van der Waals surface area contributed by atoms with Crippen LogP contribution in [0.25, 0.3) is 0 Å². The Morgan fingerprint density at radius 3 is 2.57 bits per heavy atom. The van der Waals surface area contributed by atoms with Gasteiger partial charge in [0.15, 0.2) is 0 Å². The number of benzene rings is 1. The number of carbonyl (C=O) groups excluding carboxylic acids is 1. The molecule has 1 aromatic carbocycles. The predicted octanol–water partition coefficient (Wildman–Crippen LogP) is 4.11. The zero-order chi connectivity index (χ0) is 15.5. The van der Waals surface area contributed by atoms with Crippen molar-refractivity contribution in [2.24, 2.45) is 5.92 Å². The van der Waals surface area contributed by atoms with Crippen molar-refractivity contribution in [1.29, 1.82) is 0 Å². The maximum absolute atomic E-state index is 12.1.